The third-order valence-electron chi connectivity index (χ3n) is 2.22. The molecule has 0 amide bonds. The molecule has 0 N–H and O–H groups in total. The second-order valence-corrected chi connectivity index (χ2v) is 3.45. The van der Waals surface area contributed by atoms with Crippen LogP contribution in [-0.4, -0.2) is 15.0 Å². The van der Waals surface area contributed by atoms with E-state index in [1.165, 1.54) is 12.1 Å². The molecule has 0 saturated heterocycles. The number of rotatable bonds is 4. The molecule has 0 spiro atoms. The first kappa shape index (κ1) is 10.5. The summed E-state index contributed by atoms with van der Waals surface area (Å²) in [5.41, 5.74) is 1.42. The third kappa shape index (κ3) is 2.34. The van der Waals surface area contributed by atoms with Crippen LogP contribution in [0.2, 0.25) is 0 Å². The fourth-order valence-corrected chi connectivity index (χ4v) is 1.41. The van der Waals surface area contributed by atoms with E-state index in [2.05, 4.69) is 16.9 Å². The Balaban J connectivity index is 2.21. The average molecular weight is 217 g/mol. The number of nitrogens with zero attached hydrogens (tertiary/aromatic N) is 3. The topological polar surface area (TPSA) is 30.7 Å². The number of benzene rings is 1. The molecule has 2 rings (SSSR count). The van der Waals surface area contributed by atoms with Crippen molar-refractivity contribution in [2.45, 2.75) is 13.0 Å². The van der Waals surface area contributed by atoms with Gasteiger partial charge in [-0.25, -0.2) is 4.39 Å². The molecule has 1 heterocycles. The van der Waals surface area contributed by atoms with E-state index >= 15 is 0 Å². The van der Waals surface area contributed by atoms with E-state index in [-0.39, 0.29) is 5.82 Å². The van der Waals surface area contributed by atoms with Crippen LogP contribution in [0.1, 0.15) is 6.42 Å². The summed E-state index contributed by atoms with van der Waals surface area (Å²) in [6.07, 6.45) is 4.47. The van der Waals surface area contributed by atoms with Crippen molar-refractivity contribution in [3.63, 3.8) is 0 Å². The van der Waals surface area contributed by atoms with Gasteiger partial charge in [-0.3, -0.25) is 4.68 Å². The van der Waals surface area contributed by atoms with Crippen molar-refractivity contribution in [3.05, 3.63) is 48.9 Å². The number of allylic oxidation sites excluding steroid dienone is 1. The molecule has 3 nitrogen and oxygen atoms in total. The van der Waals surface area contributed by atoms with Gasteiger partial charge in [0.1, 0.15) is 11.5 Å². The van der Waals surface area contributed by atoms with Gasteiger partial charge in [0.25, 0.3) is 0 Å². The SMILES string of the molecule is C=CCCn1cc(-c2cccc(F)c2)nn1. The lowest BCUT2D eigenvalue weighted by atomic mass is 10.2. The van der Waals surface area contributed by atoms with E-state index in [1.54, 1.807) is 16.9 Å². The molecule has 0 atom stereocenters. The summed E-state index contributed by atoms with van der Waals surface area (Å²) < 4.78 is 14.7. The van der Waals surface area contributed by atoms with Crippen LogP contribution < -0.4 is 0 Å². The molecule has 0 fully saturated rings. The molecule has 0 radical (unpaired) electrons. The van der Waals surface area contributed by atoms with Gasteiger partial charge in [0, 0.05) is 12.1 Å². The largest absolute Gasteiger partial charge is 0.252 e. The van der Waals surface area contributed by atoms with E-state index in [4.69, 9.17) is 0 Å². The van der Waals surface area contributed by atoms with Gasteiger partial charge in [-0.15, -0.1) is 11.7 Å². The second-order valence-electron chi connectivity index (χ2n) is 3.45. The molecule has 16 heavy (non-hydrogen) atoms. The Morgan fingerprint density at radius 2 is 2.31 bits per heavy atom. The molecule has 0 aliphatic carbocycles. The summed E-state index contributed by atoms with van der Waals surface area (Å²) >= 11 is 0. The Hall–Kier alpha value is -1.97. The Labute approximate surface area is 93.2 Å². The lowest BCUT2D eigenvalue weighted by molar-refractivity contribution is 0.597. The number of hydrogen-bond acceptors (Lipinski definition) is 2. The van der Waals surface area contributed by atoms with Crippen molar-refractivity contribution < 1.29 is 4.39 Å². The van der Waals surface area contributed by atoms with Crippen LogP contribution in [0.15, 0.2) is 43.1 Å². The Kier molecular flexibility index (Phi) is 3.10. The van der Waals surface area contributed by atoms with Gasteiger partial charge < -0.3 is 0 Å². The number of halogens is 1. The summed E-state index contributed by atoms with van der Waals surface area (Å²) in [5.74, 6) is -0.266. The van der Waals surface area contributed by atoms with Crippen LogP contribution in [-0.2, 0) is 6.54 Å². The maximum absolute atomic E-state index is 13.0. The fraction of sp³-hybridized carbons (Fsp3) is 0.167. The number of aryl methyl sites for hydroxylation is 1. The molecule has 0 unspecified atom stereocenters. The van der Waals surface area contributed by atoms with Gasteiger partial charge >= 0.3 is 0 Å². The lowest BCUT2D eigenvalue weighted by Crippen LogP contribution is -1.96. The fourth-order valence-electron chi connectivity index (χ4n) is 1.41. The average Bonchev–Trinajstić information content (AvgIpc) is 2.75. The highest BCUT2D eigenvalue weighted by Gasteiger charge is 2.03. The summed E-state index contributed by atoms with van der Waals surface area (Å²) in [6, 6.07) is 6.33. The Bertz CT molecular complexity index is 491. The maximum atomic E-state index is 13.0. The van der Waals surface area contributed by atoms with Gasteiger partial charge in [0.15, 0.2) is 0 Å². The normalized spacial score (nSPS) is 10.3. The Morgan fingerprint density at radius 1 is 1.44 bits per heavy atom. The van der Waals surface area contributed by atoms with E-state index in [9.17, 15) is 4.39 Å². The monoisotopic (exact) mass is 217 g/mol. The minimum atomic E-state index is -0.266. The minimum absolute atomic E-state index is 0.266. The molecule has 0 aliphatic rings. The van der Waals surface area contributed by atoms with E-state index in [1.807, 2.05) is 12.1 Å². The van der Waals surface area contributed by atoms with Crippen LogP contribution >= 0.6 is 0 Å². The van der Waals surface area contributed by atoms with E-state index in [0.717, 1.165) is 18.5 Å². The quantitative estimate of drug-likeness (QED) is 0.737. The van der Waals surface area contributed by atoms with Gasteiger partial charge in [-0.2, -0.15) is 0 Å². The molecule has 0 aliphatic heterocycles. The lowest BCUT2D eigenvalue weighted by Gasteiger charge is -1.95. The first-order valence-electron chi connectivity index (χ1n) is 5.06. The molecule has 0 saturated carbocycles. The molecule has 1 aromatic heterocycles. The highest BCUT2D eigenvalue weighted by Crippen LogP contribution is 2.16. The molecular formula is C12H12FN3. The van der Waals surface area contributed by atoms with Crippen molar-refractivity contribution in [3.8, 4) is 11.3 Å². The summed E-state index contributed by atoms with van der Waals surface area (Å²) in [6.45, 7) is 4.38. The molecule has 0 bridgehead atoms. The van der Waals surface area contributed by atoms with Crippen molar-refractivity contribution >= 4 is 0 Å². The van der Waals surface area contributed by atoms with Crippen molar-refractivity contribution in [1.82, 2.24) is 15.0 Å². The van der Waals surface area contributed by atoms with E-state index in [0.29, 0.717) is 5.69 Å². The first-order valence-corrected chi connectivity index (χ1v) is 5.06. The van der Waals surface area contributed by atoms with Crippen LogP contribution in [0.4, 0.5) is 4.39 Å². The highest BCUT2D eigenvalue weighted by molar-refractivity contribution is 5.57. The van der Waals surface area contributed by atoms with Crippen LogP contribution in [0, 0.1) is 5.82 Å². The van der Waals surface area contributed by atoms with Gasteiger partial charge in [-0.05, 0) is 18.6 Å². The summed E-state index contributed by atoms with van der Waals surface area (Å²) in [4.78, 5) is 0. The minimum Gasteiger partial charge on any atom is -0.252 e. The predicted octanol–water partition coefficient (Wildman–Crippen LogP) is 2.66. The predicted molar refractivity (Wildman–Crippen MR) is 60.2 cm³/mol. The highest BCUT2D eigenvalue weighted by atomic mass is 19.1. The summed E-state index contributed by atoms with van der Waals surface area (Å²) in [7, 11) is 0. The van der Waals surface area contributed by atoms with Crippen molar-refractivity contribution in [1.29, 1.82) is 0 Å². The molecule has 82 valence electrons. The smallest absolute Gasteiger partial charge is 0.123 e. The van der Waals surface area contributed by atoms with Crippen LogP contribution in [0.3, 0.4) is 0 Å². The molecular weight excluding hydrogens is 205 g/mol. The zero-order valence-corrected chi connectivity index (χ0v) is 8.81. The molecule has 2 aromatic rings. The van der Waals surface area contributed by atoms with Gasteiger partial charge in [0.2, 0.25) is 0 Å². The van der Waals surface area contributed by atoms with E-state index < -0.39 is 0 Å². The maximum Gasteiger partial charge on any atom is 0.123 e. The number of aromatic nitrogens is 3. The van der Waals surface area contributed by atoms with Crippen molar-refractivity contribution in [2.75, 3.05) is 0 Å². The first-order chi connectivity index (χ1) is 7.79. The number of hydrogen-bond donors (Lipinski definition) is 0. The molecule has 4 heteroatoms. The van der Waals surface area contributed by atoms with Gasteiger partial charge in [0.05, 0.1) is 6.20 Å². The van der Waals surface area contributed by atoms with Crippen LogP contribution in [0.25, 0.3) is 11.3 Å². The van der Waals surface area contributed by atoms with Gasteiger partial charge in [-0.1, -0.05) is 23.4 Å². The van der Waals surface area contributed by atoms with Crippen LogP contribution in [0.5, 0.6) is 0 Å². The third-order valence-corrected chi connectivity index (χ3v) is 2.22. The standard InChI is InChI=1S/C12H12FN3/c1-2-3-7-16-9-12(14-15-16)10-5-4-6-11(13)8-10/h2,4-6,8-9H,1,3,7H2. The zero-order chi connectivity index (χ0) is 11.4. The Morgan fingerprint density at radius 3 is 3.06 bits per heavy atom. The summed E-state index contributed by atoms with van der Waals surface area (Å²) in [5, 5.41) is 7.95. The zero-order valence-electron chi connectivity index (χ0n) is 8.81. The second kappa shape index (κ2) is 4.70. The van der Waals surface area contributed by atoms with Crippen molar-refractivity contribution in [2.24, 2.45) is 0 Å². The molecule has 1 aromatic carbocycles.